The first-order chi connectivity index (χ1) is 10.8. The van der Waals surface area contributed by atoms with Crippen LogP contribution in [0.25, 0.3) is 0 Å². The van der Waals surface area contributed by atoms with Crippen molar-refractivity contribution in [3.05, 3.63) is 29.3 Å². The molecule has 4 bridgehead atoms. The van der Waals surface area contributed by atoms with E-state index in [2.05, 4.69) is 24.5 Å². The third-order valence-electron chi connectivity index (χ3n) is 6.11. The molecular weight excluding hydrogens is 308 g/mol. The number of urea groups is 1. The zero-order valence-electron chi connectivity index (χ0n) is 13.9. The molecule has 4 fully saturated rings. The Balaban J connectivity index is 1.49. The van der Waals surface area contributed by atoms with Crippen LogP contribution >= 0.6 is 11.6 Å². The minimum atomic E-state index is -0.0820. The largest absolute Gasteiger partial charge is 0.332 e. The summed E-state index contributed by atoms with van der Waals surface area (Å²) in [6, 6.07) is 7.18. The van der Waals surface area contributed by atoms with Gasteiger partial charge in [0.25, 0.3) is 0 Å². The van der Waals surface area contributed by atoms with Crippen molar-refractivity contribution in [2.45, 2.75) is 57.9 Å². The molecule has 2 unspecified atom stereocenters. The minimum Gasteiger partial charge on any atom is -0.332 e. The highest BCUT2D eigenvalue weighted by Gasteiger charge is 2.60. The Morgan fingerprint density at radius 2 is 1.65 bits per heavy atom. The first kappa shape index (κ1) is 15.3. The summed E-state index contributed by atoms with van der Waals surface area (Å²) in [6.07, 6.45) is 7.39. The predicted octanol–water partition coefficient (Wildman–Crippen LogP) is 5.21. The normalized spacial score (nSPS) is 40.9. The average Bonchev–Trinajstić information content (AvgIpc) is 2.36. The SMILES string of the molecule is CC12CC3CC(C)(C1)CC(NC(=O)Nc1ccc(Cl)cc1)(C3)C2. The van der Waals surface area contributed by atoms with Crippen molar-refractivity contribution in [1.82, 2.24) is 5.32 Å². The van der Waals surface area contributed by atoms with Crippen LogP contribution < -0.4 is 10.6 Å². The van der Waals surface area contributed by atoms with Gasteiger partial charge in [-0.15, -0.1) is 0 Å². The third-order valence-corrected chi connectivity index (χ3v) is 6.36. The first-order valence-corrected chi connectivity index (χ1v) is 9.00. The Labute approximate surface area is 143 Å². The second kappa shape index (κ2) is 4.89. The molecule has 0 heterocycles. The number of carbonyl (C=O) groups is 1. The van der Waals surface area contributed by atoms with Crippen molar-refractivity contribution in [3.63, 3.8) is 0 Å². The summed E-state index contributed by atoms with van der Waals surface area (Å²) in [5.74, 6) is 0.775. The highest BCUT2D eigenvalue weighted by Crippen LogP contribution is 2.66. The molecule has 0 aliphatic heterocycles. The number of rotatable bonds is 2. The molecule has 4 saturated carbocycles. The molecule has 5 rings (SSSR count). The summed E-state index contributed by atoms with van der Waals surface area (Å²) in [7, 11) is 0. The average molecular weight is 333 g/mol. The van der Waals surface area contributed by atoms with E-state index in [1.54, 1.807) is 12.1 Å². The summed E-state index contributed by atoms with van der Waals surface area (Å²) in [6.45, 7) is 4.84. The van der Waals surface area contributed by atoms with Crippen LogP contribution in [0.1, 0.15) is 52.4 Å². The lowest BCUT2D eigenvalue weighted by Crippen LogP contribution is -2.65. The van der Waals surface area contributed by atoms with Crippen LogP contribution in [0.5, 0.6) is 0 Å². The lowest BCUT2D eigenvalue weighted by Gasteiger charge is -2.65. The van der Waals surface area contributed by atoms with Crippen molar-refractivity contribution >= 4 is 23.3 Å². The van der Waals surface area contributed by atoms with Gasteiger partial charge in [-0.25, -0.2) is 4.79 Å². The fraction of sp³-hybridized carbons (Fsp3) is 0.632. The fourth-order valence-electron chi connectivity index (χ4n) is 6.52. The number of halogens is 1. The van der Waals surface area contributed by atoms with E-state index in [0.717, 1.165) is 30.9 Å². The lowest BCUT2D eigenvalue weighted by atomic mass is 9.43. The smallest absolute Gasteiger partial charge is 0.319 e. The molecule has 4 aliphatic carbocycles. The van der Waals surface area contributed by atoms with Crippen LogP contribution in [0, 0.1) is 16.7 Å². The highest BCUT2D eigenvalue weighted by molar-refractivity contribution is 6.30. The second-order valence-corrected chi connectivity index (χ2v) is 9.43. The molecule has 4 heteroatoms. The van der Waals surface area contributed by atoms with Crippen molar-refractivity contribution in [1.29, 1.82) is 0 Å². The second-order valence-electron chi connectivity index (χ2n) is 9.00. The van der Waals surface area contributed by atoms with E-state index in [1.165, 1.54) is 19.3 Å². The topological polar surface area (TPSA) is 41.1 Å². The maximum absolute atomic E-state index is 12.5. The molecule has 0 spiro atoms. The number of hydrogen-bond donors (Lipinski definition) is 2. The van der Waals surface area contributed by atoms with E-state index in [-0.39, 0.29) is 11.6 Å². The zero-order valence-corrected chi connectivity index (χ0v) is 14.7. The Bertz CT molecular complexity index is 623. The maximum atomic E-state index is 12.5. The molecule has 2 atom stereocenters. The van der Waals surface area contributed by atoms with E-state index in [9.17, 15) is 4.79 Å². The van der Waals surface area contributed by atoms with Crippen LogP contribution in [0.3, 0.4) is 0 Å². The van der Waals surface area contributed by atoms with Gasteiger partial charge in [-0.3, -0.25) is 0 Å². The standard InChI is InChI=1S/C19H25ClN2O/c1-17-7-13-8-18(2,10-17)12-19(9-13,11-17)22-16(23)21-15-5-3-14(20)4-6-15/h3-6,13H,7-12H2,1-2H3,(H2,21,22,23). The molecule has 23 heavy (non-hydrogen) atoms. The molecule has 3 nitrogen and oxygen atoms in total. The van der Waals surface area contributed by atoms with E-state index in [0.29, 0.717) is 15.9 Å². The van der Waals surface area contributed by atoms with Crippen LogP contribution in [-0.2, 0) is 0 Å². The van der Waals surface area contributed by atoms with Gasteiger partial charge in [0, 0.05) is 16.2 Å². The van der Waals surface area contributed by atoms with Gasteiger partial charge >= 0.3 is 6.03 Å². The number of benzene rings is 1. The molecule has 2 amide bonds. The van der Waals surface area contributed by atoms with Crippen LogP contribution in [0.2, 0.25) is 5.02 Å². The number of carbonyl (C=O) groups excluding carboxylic acids is 1. The van der Waals surface area contributed by atoms with Gasteiger partial charge in [0.1, 0.15) is 0 Å². The molecule has 2 N–H and O–H groups in total. The summed E-state index contributed by atoms with van der Waals surface area (Å²) in [5.41, 5.74) is 1.58. The monoisotopic (exact) mass is 332 g/mol. The van der Waals surface area contributed by atoms with Crippen LogP contribution in [0.4, 0.5) is 10.5 Å². The number of hydrogen-bond acceptors (Lipinski definition) is 1. The molecule has 124 valence electrons. The van der Waals surface area contributed by atoms with Gasteiger partial charge < -0.3 is 10.6 Å². The predicted molar refractivity (Wildman–Crippen MR) is 93.7 cm³/mol. The molecule has 0 saturated heterocycles. The molecular formula is C19H25ClN2O. The molecule has 0 aromatic heterocycles. The quantitative estimate of drug-likeness (QED) is 0.766. The fourth-order valence-corrected chi connectivity index (χ4v) is 6.65. The summed E-state index contributed by atoms with van der Waals surface area (Å²) >= 11 is 5.90. The van der Waals surface area contributed by atoms with Gasteiger partial charge in [0.2, 0.25) is 0 Å². The van der Waals surface area contributed by atoms with Crippen LogP contribution in [0.15, 0.2) is 24.3 Å². The highest BCUT2D eigenvalue weighted by atomic mass is 35.5. The molecule has 1 aromatic carbocycles. The lowest BCUT2D eigenvalue weighted by molar-refractivity contribution is -0.113. The maximum Gasteiger partial charge on any atom is 0.319 e. The summed E-state index contributed by atoms with van der Waals surface area (Å²) in [4.78, 5) is 12.5. The van der Waals surface area contributed by atoms with Gasteiger partial charge in [-0.05, 0) is 79.5 Å². The molecule has 0 radical (unpaired) electrons. The van der Waals surface area contributed by atoms with E-state index >= 15 is 0 Å². The Morgan fingerprint density at radius 1 is 1.04 bits per heavy atom. The van der Waals surface area contributed by atoms with Gasteiger partial charge in [0.05, 0.1) is 0 Å². The van der Waals surface area contributed by atoms with Crippen molar-refractivity contribution in [3.8, 4) is 0 Å². The van der Waals surface area contributed by atoms with Gasteiger partial charge in [0.15, 0.2) is 0 Å². The Morgan fingerprint density at radius 3 is 2.22 bits per heavy atom. The Hall–Kier alpha value is -1.22. The first-order valence-electron chi connectivity index (χ1n) is 8.62. The van der Waals surface area contributed by atoms with Crippen molar-refractivity contribution < 1.29 is 4.79 Å². The van der Waals surface area contributed by atoms with Crippen molar-refractivity contribution in [2.75, 3.05) is 5.32 Å². The number of amides is 2. The van der Waals surface area contributed by atoms with E-state index in [4.69, 9.17) is 11.6 Å². The zero-order chi connectivity index (χ0) is 16.3. The van der Waals surface area contributed by atoms with Gasteiger partial charge in [-0.2, -0.15) is 0 Å². The van der Waals surface area contributed by atoms with E-state index < -0.39 is 0 Å². The van der Waals surface area contributed by atoms with Crippen LogP contribution in [-0.4, -0.2) is 11.6 Å². The Kier molecular flexibility index (Phi) is 3.26. The van der Waals surface area contributed by atoms with Crippen molar-refractivity contribution in [2.24, 2.45) is 16.7 Å². The minimum absolute atomic E-state index is 0.0145. The number of nitrogens with one attached hydrogen (secondary N) is 2. The van der Waals surface area contributed by atoms with Gasteiger partial charge in [-0.1, -0.05) is 25.4 Å². The third kappa shape index (κ3) is 2.84. The summed E-state index contributed by atoms with van der Waals surface area (Å²) < 4.78 is 0. The molecule has 1 aromatic rings. The summed E-state index contributed by atoms with van der Waals surface area (Å²) in [5, 5.41) is 6.99. The molecule has 4 aliphatic rings. The number of anilines is 1. The van der Waals surface area contributed by atoms with E-state index in [1.807, 2.05) is 12.1 Å².